The Labute approximate surface area is 294 Å². The maximum absolute atomic E-state index is 9.77. The molecule has 2 N–H and O–H groups in total. The van der Waals surface area contributed by atoms with E-state index in [9.17, 15) is 5.26 Å². The fraction of sp³-hybridized carbons (Fsp3) is 0.0638. The first-order valence-corrected chi connectivity index (χ1v) is 16.9. The maximum atomic E-state index is 9.77. The van der Waals surface area contributed by atoms with Crippen LogP contribution in [0.5, 0.6) is 0 Å². The standard InChI is InChI=1S/C47H37N3/c1-33(29-46(49)40-13-7-3-8-14-40)47(41-15-9-4-10-16-41)50-32-34-17-20-38(21-18-34)43-28-27-42(44-26-19-35(31-48)30-45(43)44)39-24-22-37(23-25-39)36-11-5-2-6-12-36/h2-28,30,32,46-47H,1,29,49H2. The van der Waals surface area contributed by atoms with Crippen LogP contribution in [0.3, 0.4) is 0 Å². The summed E-state index contributed by atoms with van der Waals surface area (Å²) in [5.74, 6) is 0. The second-order valence-corrected chi connectivity index (χ2v) is 12.6. The molecule has 50 heavy (non-hydrogen) atoms. The molecule has 7 aromatic rings. The number of nitriles is 1. The fourth-order valence-corrected chi connectivity index (χ4v) is 6.58. The number of hydrogen-bond acceptors (Lipinski definition) is 3. The van der Waals surface area contributed by atoms with Crippen LogP contribution in [0.1, 0.15) is 40.8 Å². The molecule has 0 aliphatic rings. The zero-order valence-electron chi connectivity index (χ0n) is 27.8. The molecule has 0 spiro atoms. The molecule has 2 unspecified atom stereocenters. The van der Waals surface area contributed by atoms with Crippen molar-refractivity contribution in [2.75, 3.05) is 0 Å². The second-order valence-electron chi connectivity index (χ2n) is 12.6. The third-order valence-electron chi connectivity index (χ3n) is 9.25. The van der Waals surface area contributed by atoms with Crippen LogP contribution in [0.15, 0.2) is 187 Å². The van der Waals surface area contributed by atoms with Crippen molar-refractivity contribution in [3.63, 3.8) is 0 Å². The van der Waals surface area contributed by atoms with Crippen LogP contribution in [0.25, 0.3) is 44.2 Å². The van der Waals surface area contributed by atoms with Crippen molar-refractivity contribution in [1.82, 2.24) is 0 Å². The summed E-state index contributed by atoms with van der Waals surface area (Å²) in [6.07, 6.45) is 2.56. The molecule has 0 saturated carbocycles. The number of nitrogens with two attached hydrogens (primary N) is 1. The number of aliphatic imine (C=N–C) groups is 1. The van der Waals surface area contributed by atoms with Gasteiger partial charge in [-0.3, -0.25) is 4.99 Å². The van der Waals surface area contributed by atoms with Crippen molar-refractivity contribution < 1.29 is 0 Å². The Hall–Kier alpha value is -6.34. The fourth-order valence-electron chi connectivity index (χ4n) is 6.58. The highest BCUT2D eigenvalue weighted by molar-refractivity contribution is 6.05. The molecule has 0 aliphatic carbocycles. The number of benzene rings is 7. The molecular formula is C47H37N3. The van der Waals surface area contributed by atoms with Crippen molar-refractivity contribution in [2.24, 2.45) is 10.7 Å². The molecule has 0 aliphatic heterocycles. The van der Waals surface area contributed by atoms with Gasteiger partial charge in [-0.15, -0.1) is 0 Å². The predicted molar refractivity (Wildman–Crippen MR) is 209 cm³/mol. The Morgan fingerprint density at radius 2 is 1.12 bits per heavy atom. The van der Waals surface area contributed by atoms with Gasteiger partial charge in [-0.05, 0) is 85.0 Å². The van der Waals surface area contributed by atoms with E-state index in [-0.39, 0.29) is 12.1 Å². The predicted octanol–water partition coefficient (Wildman–Crippen LogP) is 11.5. The van der Waals surface area contributed by atoms with Gasteiger partial charge in [-0.25, -0.2) is 0 Å². The topological polar surface area (TPSA) is 62.2 Å². The van der Waals surface area contributed by atoms with Crippen molar-refractivity contribution in [1.29, 1.82) is 5.26 Å². The first kappa shape index (κ1) is 32.2. The molecule has 0 radical (unpaired) electrons. The van der Waals surface area contributed by atoms with Gasteiger partial charge >= 0.3 is 0 Å². The Kier molecular flexibility index (Phi) is 9.56. The van der Waals surface area contributed by atoms with E-state index < -0.39 is 0 Å². The molecule has 7 rings (SSSR count). The van der Waals surface area contributed by atoms with Crippen LogP contribution in [0.2, 0.25) is 0 Å². The summed E-state index contributed by atoms with van der Waals surface area (Å²) >= 11 is 0. The number of fused-ring (bicyclic) bond motifs is 1. The van der Waals surface area contributed by atoms with Gasteiger partial charge in [-0.2, -0.15) is 5.26 Å². The summed E-state index contributed by atoms with van der Waals surface area (Å²) < 4.78 is 0. The highest BCUT2D eigenvalue weighted by Gasteiger charge is 2.17. The van der Waals surface area contributed by atoms with Crippen molar-refractivity contribution in [2.45, 2.75) is 18.5 Å². The molecule has 0 bridgehead atoms. The Morgan fingerprint density at radius 1 is 0.600 bits per heavy atom. The van der Waals surface area contributed by atoms with Crippen LogP contribution in [-0.2, 0) is 0 Å². The van der Waals surface area contributed by atoms with Gasteiger partial charge in [0, 0.05) is 12.3 Å². The second kappa shape index (κ2) is 14.8. The van der Waals surface area contributed by atoms with E-state index in [0.29, 0.717) is 12.0 Å². The number of hydrogen-bond donors (Lipinski definition) is 1. The summed E-state index contributed by atoms with van der Waals surface area (Å²) in [6, 6.07) is 60.2. The van der Waals surface area contributed by atoms with E-state index in [0.717, 1.165) is 55.3 Å². The van der Waals surface area contributed by atoms with E-state index in [1.807, 2.05) is 60.8 Å². The van der Waals surface area contributed by atoms with Gasteiger partial charge in [0.25, 0.3) is 0 Å². The van der Waals surface area contributed by atoms with Gasteiger partial charge < -0.3 is 5.73 Å². The van der Waals surface area contributed by atoms with E-state index in [2.05, 4.69) is 128 Å². The lowest BCUT2D eigenvalue weighted by molar-refractivity contribution is 0.668. The molecule has 7 aromatic carbocycles. The van der Waals surface area contributed by atoms with Crippen LogP contribution >= 0.6 is 0 Å². The summed E-state index contributed by atoms with van der Waals surface area (Å²) in [5.41, 5.74) is 18.2. The Bertz CT molecular complexity index is 2300. The molecule has 240 valence electrons. The smallest absolute Gasteiger partial charge is 0.0991 e. The highest BCUT2D eigenvalue weighted by atomic mass is 14.8. The van der Waals surface area contributed by atoms with Crippen LogP contribution in [-0.4, -0.2) is 6.21 Å². The molecule has 0 amide bonds. The van der Waals surface area contributed by atoms with Crippen molar-refractivity contribution in [3.05, 3.63) is 204 Å². The molecule has 0 saturated heterocycles. The van der Waals surface area contributed by atoms with E-state index in [1.165, 1.54) is 11.1 Å². The van der Waals surface area contributed by atoms with Crippen molar-refractivity contribution >= 4 is 17.0 Å². The number of rotatable bonds is 10. The lowest BCUT2D eigenvalue weighted by Gasteiger charge is -2.20. The summed E-state index contributed by atoms with van der Waals surface area (Å²) in [7, 11) is 0. The Morgan fingerprint density at radius 3 is 1.74 bits per heavy atom. The van der Waals surface area contributed by atoms with E-state index >= 15 is 0 Å². The van der Waals surface area contributed by atoms with Gasteiger partial charge in [0.1, 0.15) is 0 Å². The van der Waals surface area contributed by atoms with Gasteiger partial charge in [0.05, 0.1) is 17.7 Å². The van der Waals surface area contributed by atoms with E-state index in [4.69, 9.17) is 10.7 Å². The third-order valence-corrected chi connectivity index (χ3v) is 9.25. The third kappa shape index (κ3) is 7.08. The SMILES string of the molecule is C=C(CC(N)c1ccccc1)C(N=Cc1ccc(-c2ccc(-c3ccc(-c4ccccc4)cc3)c3ccc(C#N)cc23)cc1)c1ccccc1. The molecule has 3 heteroatoms. The lowest BCUT2D eigenvalue weighted by Crippen LogP contribution is -2.13. The highest BCUT2D eigenvalue weighted by Crippen LogP contribution is 2.37. The van der Waals surface area contributed by atoms with Crippen molar-refractivity contribution in [3.8, 4) is 39.4 Å². The maximum Gasteiger partial charge on any atom is 0.0991 e. The minimum atomic E-state index is -0.215. The van der Waals surface area contributed by atoms with Gasteiger partial charge in [0.2, 0.25) is 0 Å². The van der Waals surface area contributed by atoms with Crippen LogP contribution in [0.4, 0.5) is 0 Å². The quantitative estimate of drug-likeness (QED) is 0.119. The van der Waals surface area contributed by atoms with Gasteiger partial charge in [-0.1, -0.05) is 164 Å². The summed E-state index contributed by atoms with van der Waals surface area (Å²) in [6.45, 7) is 4.44. The van der Waals surface area contributed by atoms with Crippen LogP contribution in [0, 0.1) is 11.3 Å². The minimum absolute atomic E-state index is 0.152. The van der Waals surface area contributed by atoms with Gasteiger partial charge in [0.15, 0.2) is 0 Å². The normalized spacial score (nSPS) is 12.4. The average Bonchev–Trinajstić information content (AvgIpc) is 3.19. The summed E-state index contributed by atoms with van der Waals surface area (Å²) in [4.78, 5) is 5.04. The largest absolute Gasteiger partial charge is 0.324 e. The molecule has 0 fully saturated rings. The van der Waals surface area contributed by atoms with E-state index in [1.54, 1.807) is 0 Å². The zero-order valence-corrected chi connectivity index (χ0v) is 27.8. The molecule has 3 nitrogen and oxygen atoms in total. The first-order valence-electron chi connectivity index (χ1n) is 16.9. The summed E-state index contributed by atoms with van der Waals surface area (Å²) in [5, 5.41) is 11.9. The van der Waals surface area contributed by atoms with Crippen LogP contribution < -0.4 is 5.73 Å². The number of nitrogens with zero attached hydrogens (tertiary/aromatic N) is 2. The average molecular weight is 644 g/mol. The monoisotopic (exact) mass is 643 g/mol. The lowest BCUT2D eigenvalue weighted by atomic mass is 9.90. The zero-order chi connectivity index (χ0) is 34.3. The molecule has 0 heterocycles. The molecule has 0 aromatic heterocycles. The Balaban J connectivity index is 1.17. The minimum Gasteiger partial charge on any atom is -0.324 e. The molecule has 2 atom stereocenters. The first-order chi connectivity index (χ1) is 24.6. The molecular weight excluding hydrogens is 607 g/mol.